The maximum atomic E-state index is 5.54. The summed E-state index contributed by atoms with van der Waals surface area (Å²) in [7, 11) is 0. The van der Waals surface area contributed by atoms with Crippen molar-refractivity contribution in [3.63, 3.8) is 0 Å². The van der Waals surface area contributed by atoms with Crippen molar-refractivity contribution in [1.82, 2.24) is 14.8 Å². The van der Waals surface area contributed by atoms with Crippen LogP contribution < -0.4 is 5.73 Å². The van der Waals surface area contributed by atoms with Crippen LogP contribution in [0.25, 0.3) is 5.69 Å². The largest absolute Gasteiger partial charge is 0.330 e. The molecule has 0 spiro atoms. The summed E-state index contributed by atoms with van der Waals surface area (Å²) in [5, 5.41) is 7.98. The van der Waals surface area contributed by atoms with Crippen molar-refractivity contribution in [3.8, 4) is 5.69 Å². The molecular weight excluding hydrogens is 268 g/mol. The second-order valence-corrected chi connectivity index (χ2v) is 4.47. The molecule has 0 atom stereocenters. The molecule has 0 amide bonds. The highest BCUT2D eigenvalue weighted by Crippen LogP contribution is 2.22. The lowest BCUT2D eigenvalue weighted by molar-refractivity contribution is 0.828. The number of nitrogens with zero attached hydrogens (tertiary/aromatic N) is 3. The number of aryl methyl sites for hydroxylation is 1. The average Bonchev–Trinajstić information content (AvgIpc) is 2.67. The fourth-order valence-corrected chi connectivity index (χ4v) is 2.25. The van der Waals surface area contributed by atoms with Crippen molar-refractivity contribution in [3.05, 3.63) is 40.4 Å². The van der Waals surface area contributed by atoms with E-state index in [1.807, 2.05) is 10.6 Å². The number of hydrogen-bond donors (Lipinski definition) is 1. The minimum Gasteiger partial charge on any atom is -0.330 e. The minimum atomic E-state index is 0.572. The molecule has 0 aliphatic heterocycles. The van der Waals surface area contributed by atoms with E-state index in [0.29, 0.717) is 6.54 Å². The summed E-state index contributed by atoms with van der Waals surface area (Å²) < 4.78 is 2.99. The molecule has 16 heavy (non-hydrogen) atoms. The Labute approximate surface area is 103 Å². The Morgan fingerprint density at radius 3 is 2.94 bits per heavy atom. The first-order valence-electron chi connectivity index (χ1n) is 5.08. The SMILES string of the molecule is Cc1ccc(-n2cnnc2CCN)c(Br)c1. The molecule has 2 N–H and O–H groups in total. The highest BCUT2D eigenvalue weighted by atomic mass is 79.9. The smallest absolute Gasteiger partial charge is 0.138 e. The first-order valence-corrected chi connectivity index (χ1v) is 5.87. The molecule has 1 aromatic carbocycles. The van der Waals surface area contributed by atoms with Gasteiger partial charge in [-0.2, -0.15) is 0 Å². The Bertz CT molecular complexity index is 492. The number of halogens is 1. The van der Waals surface area contributed by atoms with E-state index in [1.54, 1.807) is 6.33 Å². The van der Waals surface area contributed by atoms with Crippen LogP contribution in [-0.2, 0) is 6.42 Å². The quantitative estimate of drug-likeness (QED) is 0.934. The molecule has 0 radical (unpaired) electrons. The Morgan fingerprint density at radius 1 is 1.44 bits per heavy atom. The number of aromatic nitrogens is 3. The molecular formula is C11H13BrN4. The van der Waals surface area contributed by atoms with Gasteiger partial charge in [-0.3, -0.25) is 4.57 Å². The van der Waals surface area contributed by atoms with Crippen molar-refractivity contribution >= 4 is 15.9 Å². The van der Waals surface area contributed by atoms with Gasteiger partial charge in [-0.1, -0.05) is 6.07 Å². The van der Waals surface area contributed by atoms with Gasteiger partial charge in [-0.25, -0.2) is 0 Å². The maximum absolute atomic E-state index is 5.54. The highest BCUT2D eigenvalue weighted by Gasteiger charge is 2.08. The summed E-state index contributed by atoms with van der Waals surface area (Å²) in [5.74, 6) is 0.882. The summed E-state index contributed by atoms with van der Waals surface area (Å²) in [6.45, 7) is 2.63. The topological polar surface area (TPSA) is 56.7 Å². The number of benzene rings is 1. The van der Waals surface area contributed by atoms with E-state index in [1.165, 1.54) is 5.56 Å². The molecule has 0 aliphatic carbocycles. The van der Waals surface area contributed by atoms with E-state index in [9.17, 15) is 0 Å². The van der Waals surface area contributed by atoms with Crippen LogP contribution in [0.15, 0.2) is 29.0 Å². The third-order valence-corrected chi connectivity index (χ3v) is 2.98. The van der Waals surface area contributed by atoms with E-state index in [4.69, 9.17) is 5.73 Å². The van der Waals surface area contributed by atoms with Gasteiger partial charge in [0.15, 0.2) is 0 Å². The van der Waals surface area contributed by atoms with Crippen LogP contribution in [0.5, 0.6) is 0 Å². The summed E-state index contributed by atoms with van der Waals surface area (Å²) in [6, 6.07) is 6.18. The van der Waals surface area contributed by atoms with Gasteiger partial charge < -0.3 is 5.73 Å². The molecule has 0 saturated heterocycles. The Hall–Kier alpha value is -1.20. The van der Waals surface area contributed by atoms with E-state index in [2.05, 4.69) is 45.2 Å². The summed E-state index contributed by atoms with van der Waals surface area (Å²) in [5.41, 5.74) is 7.79. The first-order chi connectivity index (χ1) is 7.72. The average molecular weight is 281 g/mol. The van der Waals surface area contributed by atoms with Gasteiger partial charge in [0.25, 0.3) is 0 Å². The predicted octanol–water partition coefficient (Wildman–Crippen LogP) is 1.84. The molecule has 5 heteroatoms. The summed E-state index contributed by atoms with van der Waals surface area (Å²) in [6.07, 6.45) is 2.43. The van der Waals surface area contributed by atoms with Gasteiger partial charge in [-0.05, 0) is 47.1 Å². The van der Waals surface area contributed by atoms with Crippen molar-refractivity contribution in [2.75, 3.05) is 6.54 Å². The molecule has 0 fully saturated rings. The van der Waals surface area contributed by atoms with Gasteiger partial charge in [0.1, 0.15) is 12.2 Å². The fraction of sp³-hybridized carbons (Fsp3) is 0.273. The lowest BCUT2D eigenvalue weighted by atomic mass is 10.2. The fourth-order valence-electron chi connectivity index (χ4n) is 1.57. The van der Waals surface area contributed by atoms with Crippen LogP contribution in [0, 0.1) is 6.92 Å². The van der Waals surface area contributed by atoms with Crippen LogP contribution in [0.3, 0.4) is 0 Å². The van der Waals surface area contributed by atoms with Crippen LogP contribution in [0.2, 0.25) is 0 Å². The van der Waals surface area contributed by atoms with Gasteiger partial charge >= 0.3 is 0 Å². The Kier molecular flexibility index (Phi) is 3.36. The van der Waals surface area contributed by atoms with Crippen LogP contribution in [-0.4, -0.2) is 21.3 Å². The van der Waals surface area contributed by atoms with Gasteiger partial charge in [-0.15, -0.1) is 10.2 Å². The number of nitrogens with two attached hydrogens (primary N) is 1. The van der Waals surface area contributed by atoms with Crippen molar-refractivity contribution in [2.45, 2.75) is 13.3 Å². The molecule has 0 bridgehead atoms. The Balaban J connectivity index is 2.46. The second kappa shape index (κ2) is 4.76. The lowest BCUT2D eigenvalue weighted by Crippen LogP contribution is -2.09. The number of rotatable bonds is 3. The number of hydrogen-bond acceptors (Lipinski definition) is 3. The minimum absolute atomic E-state index is 0.572. The van der Waals surface area contributed by atoms with Crippen molar-refractivity contribution < 1.29 is 0 Å². The molecule has 0 unspecified atom stereocenters. The third-order valence-electron chi connectivity index (χ3n) is 2.35. The molecule has 84 valence electrons. The molecule has 0 saturated carbocycles. The normalized spacial score (nSPS) is 10.7. The van der Waals surface area contributed by atoms with E-state index < -0.39 is 0 Å². The van der Waals surface area contributed by atoms with Gasteiger partial charge in [0, 0.05) is 10.9 Å². The predicted molar refractivity (Wildman–Crippen MR) is 66.6 cm³/mol. The third kappa shape index (κ3) is 2.15. The van der Waals surface area contributed by atoms with Gasteiger partial charge in [0.2, 0.25) is 0 Å². The first kappa shape index (κ1) is 11.3. The van der Waals surface area contributed by atoms with Crippen molar-refractivity contribution in [1.29, 1.82) is 0 Å². The van der Waals surface area contributed by atoms with Crippen LogP contribution in [0.4, 0.5) is 0 Å². The molecule has 1 aromatic heterocycles. The van der Waals surface area contributed by atoms with E-state index in [-0.39, 0.29) is 0 Å². The molecule has 2 aromatic rings. The zero-order valence-electron chi connectivity index (χ0n) is 9.02. The van der Waals surface area contributed by atoms with E-state index >= 15 is 0 Å². The zero-order valence-corrected chi connectivity index (χ0v) is 10.6. The molecule has 4 nitrogen and oxygen atoms in total. The van der Waals surface area contributed by atoms with E-state index in [0.717, 1.165) is 22.4 Å². The maximum Gasteiger partial charge on any atom is 0.138 e. The second-order valence-electron chi connectivity index (χ2n) is 3.61. The molecule has 0 aliphatic rings. The standard InChI is InChI=1S/C11H13BrN4/c1-8-2-3-10(9(12)6-8)16-7-14-15-11(16)4-5-13/h2-3,6-7H,4-5,13H2,1H3. The van der Waals surface area contributed by atoms with Crippen LogP contribution >= 0.6 is 15.9 Å². The lowest BCUT2D eigenvalue weighted by Gasteiger charge is -2.08. The Morgan fingerprint density at radius 2 is 2.25 bits per heavy atom. The van der Waals surface area contributed by atoms with Gasteiger partial charge in [0.05, 0.1) is 5.69 Å². The van der Waals surface area contributed by atoms with Crippen molar-refractivity contribution in [2.24, 2.45) is 5.73 Å². The summed E-state index contributed by atoms with van der Waals surface area (Å²) >= 11 is 3.55. The van der Waals surface area contributed by atoms with Crippen LogP contribution in [0.1, 0.15) is 11.4 Å². The summed E-state index contributed by atoms with van der Waals surface area (Å²) in [4.78, 5) is 0. The zero-order chi connectivity index (χ0) is 11.5. The molecule has 2 rings (SSSR count). The molecule has 1 heterocycles. The monoisotopic (exact) mass is 280 g/mol. The highest BCUT2D eigenvalue weighted by molar-refractivity contribution is 9.10.